The molecule has 17 heteroatoms. The van der Waals surface area contributed by atoms with E-state index in [0.717, 1.165) is 12.1 Å². The van der Waals surface area contributed by atoms with E-state index in [2.05, 4.69) is 25.5 Å². The van der Waals surface area contributed by atoms with Gasteiger partial charge in [-0.3, -0.25) is 9.11 Å². The number of nitrogens with zero attached hydrogens (tertiary/aromatic N) is 4. The summed E-state index contributed by atoms with van der Waals surface area (Å²) in [5.74, 6) is -1.87. The topological polar surface area (TPSA) is 197 Å². The molecule has 1 aromatic heterocycles. The number of nitrogens with one attached hydrogen (secondary N) is 1. The van der Waals surface area contributed by atoms with Crippen LogP contribution in [-0.4, -0.2) is 35.9 Å². The van der Waals surface area contributed by atoms with Crippen molar-refractivity contribution in [3.8, 4) is 0 Å². The van der Waals surface area contributed by atoms with Crippen LogP contribution in [0.5, 0.6) is 0 Å². The molecule has 0 aliphatic rings. The number of azo groups is 1. The fourth-order valence-electron chi connectivity index (χ4n) is 3.27. The van der Waals surface area contributed by atoms with Crippen molar-refractivity contribution in [2.45, 2.75) is 9.79 Å². The standard InChI is InChI=1S/C20H13ClF2N6O6S2/c21-16-18(22)26-20(23)27-19(16)25-9-4-7-13(15(8-9)37(33,34)35)28-29-17-11-2-1-3-14(36(30,31)32)10(11)5-6-12(17)24/h1-8H,24H2,(H,25,26,27)(H,30,31,32)(H,33,34,35). The first-order valence-electron chi connectivity index (χ1n) is 9.73. The number of fused-ring (bicyclic) bond motifs is 1. The molecule has 0 saturated carbocycles. The number of hydrogen-bond acceptors (Lipinski definition) is 10. The van der Waals surface area contributed by atoms with Crippen LogP contribution in [0.2, 0.25) is 5.02 Å². The molecule has 0 unspecified atom stereocenters. The molecule has 37 heavy (non-hydrogen) atoms. The number of anilines is 3. The van der Waals surface area contributed by atoms with Gasteiger partial charge in [-0.2, -0.15) is 35.6 Å². The van der Waals surface area contributed by atoms with Gasteiger partial charge < -0.3 is 11.1 Å². The Balaban J connectivity index is 1.80. The Morgan fingerprint density at radius 2 is 1.59 bits per heavy atom. The summed E-state index contributed by atoms with van der Waals surface area (Å²) in [5.41, 5.74) is 5.47. The summed E-state index contributed by atoms with van der Waals surface area (Å²) in [6.45, 7) is 0. The second-order valence-electron chi connectivity index (χ2n) is 7.26. The molecule has 0 amide bonds. The molecule has 12 nitrogen and oxygen atoms in total. The fraction of sp³-hybridized carbons (Fsp3) is 0. The number of hydrogen-bond donors (Lipinski definition) is 4. The summed E-state index contributed by atoms with van der Waals surface area (Å²) in [6, 6.07) is 9.81. The van der Waals surface area contributed by atoms with Crippen LogP contribution in [0, 0.1) is 12.0 Å². The minimum absolute atomic E-state index is 0.0397. The zero-order chi connectivity index (χ0) is 27.1. The van der Waals surface area contributed by atoms with Gasteiger partial charge >= 0.3 is 6.08 Å². The molecule has 4 aromatic rings. The van der Waals surface area contributed by atoms with Crippen LogP contribution in [0.15, 0.2) is 68.6 Å². The highest BCUT2D eigenvalue weighted by Crippen LogP contribution is 2.37. The Hall–Kier alpha value is -3.83. The highest BCUT2D eigenvalue weighted by Gasteiger charge is 2.20. The van der Waals surface area contributed by atoms with E-state index in [1.54, 1.807) is 0 Å². The quantitative estimate of drug-likeness (QED) is 0.0821. The minimum Gasteiger partial charge on any atom is -0.397 e. The lowest BCUT2D eigenvalue weighted by Gasteiger charge is -2.10. The number of nitrogens with two attached hydrogens (primary N) is 1. The normalized spacial score (nSPS) is 12.4. The zero-order valence-electron chi connectivity index (χ0n) is 18.0. The van der Waals surface area contributed by atoms with Crippen molar-refractivity contribution in [1.29, 1.82) is 0 Å². The lowest BCUT2D eigenvalue weighted by molar-refractivity contribution is 0.481. The molecular formula is C20H13ClF2N6O6S2. The third kappa shape index (κ3) is 5.47. The Bertz CT molecular complexity index is 1820. The number of aromatic nitrogens is 2. The largest absolute Gasteiger partial charge is 0.397 e. The van der Waals surface area contributed by atoms with Gasteiger partial charge in [-0.1, -0.05) is 29.8 Å². The average Bonchev–Trinajstić information content (AvgIpc) is 2.80. The number of halogens is 3. The van der Waals surface area contributed by atoms with Gasteiger partial charge in [0.15, 0.2) is 5.82 Å². The Kier molecular flexibility index (Phi) is 6.78. The first-order valence-corrected chi connectivity index (χ1v) is 13.0. The van der Waals surface area contributed by atoms with Gasteiger partial charge in [-0.05, 0) is 30.3 Å². The maximum absolute atomic E-state index is 13.6. The van der Waals surface area contributed by atoms with Crippen LogP contribution in [0.25, 0.3) is 10.8 Å². The van der Waals surface area contributed by atoms with Crippen molar-refractivity contribution in [1.82, 2.24) is 9.97 Å². The lowest BCUT2D eigenvalue weighted by atomic mass is 10.1. The van der Waals surface area contributed by atoms with E-state index in [4.69, 9.17) is 17.3 Å². The third-order valence-electron chi connectivity index (χ3n) is 4.84. The minimum atomic E-state index is -4.91. The molecule has 4 rings (SSSR count). The molecule has 0 saturated heterocycles. The number of nitrogen functional groups attached to an aromatic ring is 1. The lowest BCUT2D eigenvalue weighted by Crippen LogP contribution is -2.04. The summed E-state index contributed by atoms with van der Waals surface area (Å²) >= 11 is 5.70. The smallest absolute Gasteiger partial charge is 0.313 e. The van der Waals surface area contributed by atoms with E-state index in [1.807, 2.05) is 0 Å². The first-order chi connectivity index (χ1) is 17.3. The van der Waals surface area contributed by atoms with Crippen LogP contribution >= 0.6 is 11.6 Å². The highest BCUT2D eigenvalue weighted by molar-refractivity contribution is 7.86. The van der Waals surface area contributed by atoms with E-state index in [-0.39, 0.29) is 33.5 Å². The molecule has 0 atom stereocenters. The van der Waals surface area contributed by atoms with E-state index in [0.29, 0.717) is 0 Å². The van der Waals surface area contributed by atoms with Gasteiger partial charge in [-0.25, -0.2) is 0 Å². The van der Waals surface area contributed by atoms with Gasteiger partial charge in [0, 0.05) is 16.5 Å². The summed E-state index contributed by atoms with van der Waals surface area (Å²) in [6.07, 6.45) is -1.44. The predicted molar refractivity (Wildman–Crippen MR) is 129 cm³/mol. The Morgan fingerprint density at radius 1 is 0.892 bits per heavy atom. The summed E-state index contributed by atoms with van der Waals surface area (Å²) in [7, 11) is -9.50. The van der Waals surface area contributed by atoms with Gasteiger partial charge in [0.2, 0.25) is 5.95 Å². The molecule has 0 aliphatic carbocycles. The van der Waals surface area contributed by atoms with Gasteiger partial charge in [-0.15, -0.1) is 10.2 Å². The van der Waals surface area contributed by atoms with E-state index in [9.17, 15) is 34.7 Å². The summed E-state index contributed by atoms with van der Waals surface area (Å²) in [4.78, 5) is 4.93. The molecule has 0 fully saturated rings. The second-order valence-corrected chi connectivity index (χ2v) is 10.4. The van der Waals surface area contributed by atoms with Gasteiger partial charge in [0.1, 0.15) is 26.2 Å². The van der Waals surface area contributed by atoms with E-state index >= 15 is 0 Å². The predicted octanol–water partition coefficient (Wildman–Crippen LogP) is 4.80. The molecule has 0 spiro atoms. The van der Waals surface area contributed by atoms with Crippen LogP contribution < -0.4 is 11.1 Å². The van der Waals surface area contributed by atoms with Crippen molar-refractivity contribution in [2.24, 2.45) is 10.2 Å². The van der Waals surface area contributed by atoms with Crippen molar-refractivity contribution in [2.75, 3.05) is 11.1 Å². The molecule has 0 radical (unpaired) electrons. The number of rotatable bonds is 6. The van der Waals surface area contributed by atoms with Crippen LogP contribution in [-0.2, 0) is 20.2 Å². The zero-order valence-corrected chi connectivity index (χ0v) is 20.4. The molecule has 5 N–H and O–H groups in total. The summed E-state index contributed by atoms with van der Waals surface area (Å²) < 4.78 is 93.6. The molecule has 192 valence electrons. The van der Waals surface area contributed by atoms with Gasteiger partial charge in [0.05, 0.1) is 5.69 Å². The molecular weight excluding hydrogens is 558 g/mol. The van der Waals surface area contributed by atoms with Crippen LogP contribution in [0.1, 0.15) is 0 Å². The number of benzene rings is 3. The van der Waals surface area contributed by atoms with Gasteiger partial charge in [0.25, 0.3) is 20.2 Å². The third-order valence-corrected chi connectivity index (χ3v) is 6.97. The summed E-state index contributed by atoms with van der Waals surface area (Å²) in [5, 5.41) is 9.76. The highest BCUT2D eigenvalue weighted by atomic mass is 35.5. The SMILES string of the molecule is Nc1ccc2c(S(=O)(=O)O)cccc2c1N=Nc1ccc(Nc2nc(F)nc(F)c2Cl)cc1S(=O)(=O)O. The fourth-order valence-corrected chi connectivity index (χ4v) is 4.75. The maximum atomic E-state index is 13.6. The van der Waals surface area contributed by atoms with Crippen LogP contribution in [0.3, 0.4) is 0 Å². The molecule has 0 aliphatic heterocycles. The Morgan fingerprint density at radius 3 is 2.27 bits per heavy atom. The molecule has 3 aromatic carbocycles. The average molecular weight is 571 g/mol. The molecule has 0 bridgehead atoms. The van der Waals surface area contributed by atoms with Crippen molar-refractivity contribution >= 4 is 71.2 Å². The van der Waals surface area contributed by atoms with Crippen molar-refractivity contribution in [3.05, 3.63) is 65.6 Å². The monoisotopic (exact) mass is 570 g/mol. The molecule has 1 heterocycles. The van der Waals surface area contributed by atoms with E-state index in [1.165, 1.54) is 36.4 Å². The second kappa shape index (κ2) is 9.56. The van der Waals surface area contributed by atoms with Crippen molar-refractivity contribution in [3.63, 3.8) is 0 Å². The Labute approximate surface area is 212 Å². The van der Waals surface area contributed by atoms with Crippen molar-refractivity contribution < 1.29 is 34.7 Å². The maximum Gasteiger partial charge on any atom is 0.313 e. The van der Waals surface area contributed by atoms with E-state index < -0.39 is 52.9 Å². The van der Waals surface area contributed by atoms with Crippen LogP contribution in [0.4, 0.5) is 37.3 Å². The first kappa shape index (κ1) is 26.2.